The van der Waals surface area contributed by atoms with Gasteiger partial charge in [0.2, 0.25) is 5.69 Å². The van der Waals surface area contributed by atoms with Gasteiger partial charge in [0.1, 0.15) is 0 Å². The first kappa shape index (κ1) is 19.8. The van der Waals surface area contributed by atoms with Crippen LogP contribution in [-0.4, -0.2) is 39.5 Å². The van der Waals surface area contributed by atoms with Gasteiger partial charge in [0.15, 0.2) is 0 Å². The lowest BCUT2D eigenvalue weighted by Crippen LogP contribution is -2.46. The second kappa shape index (κ2) is 8.87. The molecule has 1 fully saturated rings. The van der Waals surface area contributed by atoms with Crippen molar-refractivity contribution in [1.82, 2.24) is 19.7 Å². The molecule has 0 radical (unpaired) electrons. The lowest BCUT2D eigenvalue weighted by Gasteiger charge is -2.13. The zero-order valence-corrected chi connectivity index (χ0v) is 16.4. The third kappa shape index (κ3) is 4.23. The summed E-state index contributed by atoms with van der Waals surface area (Å²) in [5, 5.41) is 6.82. The van der Waals surface area contributed by atoms with Gasteiger partial charge in [-0.3, -0.25) is 14.2 Å². The zero-order valence-electron chi connectivity index (χ0n) is 16.4. The Morgan fingerprint density at radius 3 is 2.43 bits per heavy atom. The molecule has 1 aromatic heterocycles. The fraction of sp³-hybridized carbons (Fsp3) is 0.273. The number of aromatic nitrogens is 3. The summed E-state index contributed by atoms with van der Waals surface area (Å²) in [7, 11) is 0. The fourth-order valence-electron chi connectivity index (χ4n) is 3.40. The van der Waals surface area contributed by atoms with E-state index in [0.717, 1.165) is 27.7 Å². The lowest BCUT2D eigenvalue weighted by atomic mass is 10.2. The quantitative estimate of drug-likeness (QED) is 0.667. The summed E-state index contributed by atoms with van der Waals surface area (Å²) in [6, 6.07) is 17.8. The maximum atomic E-state index is 13.0. The molecule has 30 heavy (non-hydrogen) atoms. The largest absolute Gasteiger partial charge is 0.376 e. The number of hydrogen-bond acceptors (Lipinski definition) is 5. The van der Waals surface area contributed by atoms with Crippen LogP contribution in [0.5, 0.6) is 0 Å². The molecule has 0 saturated carbocycles. The van der Waals surface area contributed by atoms with Crippen molar-refractivity contribution in [3.63, 3.8) is 0 Å². The van der Waals surface area contributed by atoms with Crippen LogP contribution in [0.25, 0.3) is 5.69 Å². The number of benzene rings is 2. The molecule has 1 amide bonds. The van der Waals surface area contributed by atoms with Gasteiger partial charge in [0.05, 0.1) is 18.3 Å². The first-order valence-corrected chi connectivity index (χ1v) is 9.87. The van der Waals surface area contributed by atoms with E-state index in [0.29, 0.717) is 18.8 Å². The van der Waals surface area contributed by atoms with Gasteiger partial charge in [-0.15, -0.1) is 0 Å². The standard InChI is InChI=1S/C22H22N4O4/c27-20(23-14-18-12-7-13-30-18)19-21(28)25(15-16-8-3-1-4-9-16)22(29)26(24-19)17-10-5-2-6-11-17/h1-6,8-11,18H,7,12-15H2,(H,23,27). The summed E-state index contributed by atoms with van der Waals surface area (Å²) in [5.74, 6) is -0.623. The van der Waals surface area contributed by atoms with E-state index in [1.165, 1.54) is 0 Å². The molecule has 2 heterocycles. The smallest absolute Gasteiger partial charge is 0.352 e. The molecule has 1 unspecified atom stereocenters. The molecule has 1 N–H and O–H groups in total. The minimum absolute atomic E-state index is 0.0415. The summed E-state index contributed by atoms with van der Waals surface area (Å²) < 4.78 is 7.64. The van der Waals surface area contributed by atoms with E-state index in [1.807, 2.05) is 36.4 Å². The predicted octanol–water partition coefficient (Wildman–Crippen LogP) is 1.35. The average molecular weight is 406 g/mol. The third-order valence-corrected chi connectivity index (χ3v) is 4.97. The van der Waals surface area contributed by atoms with Crippen LogP contribution < -0.4 is 16.6 Å². The fourth-order valence-corrected chi connectivity index (χ4v) is 3.40. The van der Waals surface area contributed by atoms with Crippen LogP contribution in [0.1, 0.15) is 28.9 Å². The Bertz CT molecular complexity index is 1130. The summed E-state index contributed by atoms with van der Waals surface area (Å²) in [4.78, 5) is 38.8. The first-order chi connectivity index (χ1) is 14.6. The van der Waals surface area contributed by atoms with Crippen molar-refractivity contribution in [3.8, 4) is 5.69 Å². The van der Waals surface area contributed by atoms with Crippen molar-refractivity contribution < 1.29 is 9.53 Å². The molecule has 4 rings (SSSR count). The highest BCUT2D eigenvalue weighted by molar-refractivity contribution is 5.91. The van der Waals surface area contributed by atoms with Gasteiger partial charge < -0.3 is 10.1 Å². The Labute approximate surface area is 172 Å². The van der Waals surface area contributed by atoms with Crippen LogP contribution in [0.3, 0.4) is 0 Å². The molecule has 1 atom stereocenters. The highest BCUT2D eigenvalue weighted by Gasteiger charge is 2.22. The molecule has 2 aromatic carbocycles. The molecule has 8 heteroatoms. The minimum atomic E-state index is -0.721. The van der Waals surface area contributed by atoms with Crippen molar-refractivity contribution in [3.05, 3.63) is 92.8 Å². The van der Waals surface area contributed by atoms with Gasteiger partial charge in [-0.1, -0.05) is 48.5 Å². The Morgan fingerprint density at radius 1 is 1.07 bits per heavy atom. The molecular weight excluding hydrogens is 384 g/mol. The molecule has 0 bridgehead atoms. The maximum absolute atomic E-state index is 13.0. The lowest BCUT2D eigenvalue weighted by molar-refractivity contribution is 0.0849. The van der Waals surface area contributed by atoms with Crippen molar-refractivity contribution in [1.29, 1.82) is 0 Å². The molecular formula is C22H22N4O4. The van der Waals surface area contributed by atoms with Crippen molar-refractivity contribution in [2.24, 2.45) is 0 Å². The van der Waals surface area contributed by atoms with Crippen molar-refractivity contribution >= 4 is 5.91 Å². The zero-order chi connectivity index (χ0) is 20.9. The van der Waals surface area contributed by atoms with Crippen molar-refractivity contribution in [2.45, 2.75) is 25.5 Å². The normalized spacial score (nSPS) is 15.8. The van der Waals surface area contributed by atoms with Crippen LogP contribution in [-0.2, 0) is 11.3 Å². The van der Waals surface area contributed by atoms with Gasteiger partial charge in [-0.05, 0) is 30.5 Å². The predicted molar refractivity (Wildman–Crippen MR) is 111 cm³/mol. The summed E-state index contributed by atoms with van der Waals surface area (Å²) in [5.41, 5.74) is -0.412. The molecule has 1 saturated heterocycles. The number of carbonyl (C=O) groups is 1. The highest BCUT2D eigenvalue weighted by atomic mass is 16.5. The molecule has 154 valence electrons. The summed E-state index contributed by atoms with van der Waals surface area (Å²) in [6.45, 7) is 1.00. The number of nitrogens with one attached hydrogen (secondary N) is 1. The first-order valence-electron chi connectivity index (χ1n) is 9.87. The Hall–Kier alpha value is -3.52. The van der Waals surface area contributed by atoms with Crippen LogP contribution in [0.2, 0.25) is 0 Å². The molecule has 1 aliphatic heterocycles. The summed E-state index contributed by atoms with van der Waals surface area (Å²) >= 11 is 0. The second-order valence-corrected chi connectivity index (χ2v) is 7.10. The van der Waals surface area contributed by atoms with Gasteiger partial charge in [0, 0.05) is 13.2 Å². The Balaban J connectivity index is 1.74. The van der Waals surface area contributed by atoms with Crippen molar-refractivity contribution in [2.75, 3.05) is 13.2 Å². The van der Waals surface area contributed by atoms with E-state index in [1.54, 1.807) is 24.3 Å². The number of nitrogens with zero attached hydrogens (tertiary/aromatic N) is 3. The van der Waals surface area contributed by atoms with E-state index in [2.05, 4.69) is 10.4 Å². The minimum Gasteiger partial charge on any atom is -0.376 e. The SMILES string of the molecule is O=C(NCC1CCCO1)c1nn(-c2ccccc2)c(=O)n(Cc2ccccc2)c1=O. The van der Waals surface area contributed by atoms with Crippen LogP contribution in [0.15, 0.2) is 70.3 Å². The number of amides is 1. The average Bonchev–Trinajstić information content (AvgIpc) is 3.30. The van der Waals surface area contributed by atoms with Gasteiger partial charge >= 0.3 is 5.69 Å². The number of hydrogen-bond donors (Lipinski definition) is 1. The van der Waals surface area contributed by atoms with Gasteiger partial charge in [-0.25, -0.2) is 4.79 Å². The van der Waals surface area contributed by atoms with Gasteiger partial charge in [0.25, 0.3) is 11.5 Å². The third-order valence-electron chi connectivity index (χ3n) is 4.97. The highest BCUT2D eigenvalue weighted by Crippen LogP contribution is 2.10. The molecule has 3 aromatic rings. The van der Waals surface area contributed by atoms with E-state index in [4.69, 9.17) is 4.74 Å². The van der Waals surface area contributed by atoms with E-state index in [9.17, 15) is 14.4 Å². The van der Waals surface area contributed by atoms with E-state index >= 15 is 0 Å². The van der Waals surface area contributed by atoms with Crippen LogP contribution in [0, 0.1) is 0 Å². The molecule has 1 aliphatic rings. The van der Waals surface area contributed by atoms with Gasteiger partial charge in [-0.2, -0.15) is 9.78 Å². The topological polar surface area (TPSA) is 95.2 Å². The number of ether oxygens (including phenoxy) is 1. The molecule has 0 aliphatic carbocycles. The summed E-state index contributed by atoms with van der Waals surface area (Å²) in [6.07, 6.45) is 1.73. The monoisotopic (exact) mass is 406 g/mol. The maximum Gasteiger partial charge on any atom is 0.352 e. The van der Waals surface area contributed by atoms with Crippen LogP contribution in [0.4, 0.5) is 0 Å². The van der Waals surface area contributed by atoms with Crippen LogP contribution >= 0.6 is 0 Å². The van der Waals surface area contributed by atoms with E-state index < -0.39 is 17.2 Å². The number of rotatable bonds is 6. The Kier molecular flexibility index (Phi) is 5.85. The van der Waals surface area contributed by atoms with E-state index in [-0.39, 0.29) is 18.3 Å². The Morgan fingerprint density at radius 2 is 1.77 bits per heavy atom. The number of para-hydroxylation sites is 1. The number of carbonyl (C=O) groups excluding carboxylic acids is 1. The molecule has 0 spiro atoms. The molecule has 8 nitrogen and oxygen atoms in total. The second-order valence-electron chi connectivity index (χ2n) is 7.10.